The van der Waals surface area contributed by atoms with Crippen LogP contribution in [0.25, 0.3) is 10.7 Å². The van der Waals surface area contributed by atoms with Crippen LogP contribution in [0.2, 0.25) is 0 Å². The van der Waals surface area contributed by atoms with E-state index in [1.807, 2.05) is 18.4 Å². The summed E-state index contributed by atoms with van der Waals surface area (Å²) in [6.45, 7) is 2.03. The summed E-state index contributed by atoms with van der Waals surface area (Å²) in [5.41, 5.74) is 0. The summed E-state index contributed by atoms with van der Waals surface area (Å²) in [6.07, 6.45) is 6.34. The van der Waals surface area contributed by atoms with Gasteiger partial charge >= 0.3 is 0 Å². The van der Waals surface area contributed by atoms with Crippen LogP contribution in [0, 0.1) is 6.92 Å². The predicted molar refractivity (Wildman–Crippen MR) is 102 cm³/mol. The molecule has 1 fully saturated rings. The molecular formula is C16H18BrN5OS2. The maximum atomic E-state index is 5.39. The van der Waals surface area contributed by atoms with Gasteiger partial charge in [-0.3, -0.25) is 0 Å². The van der Waals surface area contributed by atoms with Gasteiger partial charge in [-0.1, -0.05) is 36.2 Å². The van der Waals surface area contributed by atoms with Gasteiger partial charge in [0.25, 0.3) is 0 Å². The van der Waals surface area contributed by atoms with E-state index in [4.69, 9.17) is 4.52 Å². The van der Waals surface area contributed by atoms with Gasteiger partial charge in [0.2, 0.25) is 11.7 Å². The van der Waals surface area contributed by atoms with Crippen LogP contribution in [0.15, 0.2) is 25.6 Å². The second kappa shape index (κ2) is 7.59. The number of nitrogens with zero attached hydrogens (tertiary/aromatic N) is 5. The second-order valence-corrected chi connectivity index (χ2v) is 8.89. The van der Waals surface area contributed by atoms with Crippen molar-refractivity contribution in [3.05, 3.63) is 27.6 Å². The molecule has 132 valence electrons. The van der Waals surface area contributed by atoms with E-state index in [0.717, 1.165) is 20.3 Å². The highest BCUT2D eigenvalue weighted by Crippen LogP contribution is 2.33. The van der Waals surface area contributed by atoms with Gasteiger partial charge < -0.3 is 9.09 Å². The Hall–Kier alpha value is -1.19. The van der Waals surface area contributed by atoms with Crippen molar-refractivity contribution in [3.8, 4) is 10.7 Å². The predicted octanol–water partition coefficient (Wildman–Crippen LogP) is 5.26. The van der Waals surface area contributed by atoms with Gasteiger partial charge in [-0.2, -0.15) is 4.98 Å². The molecule has 0 atom stereocenters. The smallest absolute Gasteiger partial charge is 0.237 e. The highest BCUT2D eigenvalue weighted by molar-refractivity contribution is 9.10. The first-order valence-electron chi connectivity index (χ1n) is 8.32. The number of thioether (sulfide) groups is 1. The molecule has 0 radical (unpaired) electrons. The van der Waals surface area contributed by atoms with Gasteiger partial charge in [0.1, 0.15) is 5.82 Å². The normalized spacial score (nSPS) is 15.8. The molecule has 0 aromatic carbocycles. The Morgan fingerprint density at radius 2 is 2.16 bits per heavy atom. The summed E-state index contributed by atoms with van der Waals surface area (Å²) in [5.74, 6) is 2.84. The molecule has 3 aromatic heterocycles. The summed E-state index contributed by atoms with van der Waals surface area (Å²) in [4.78, 5) is 5.49. The third-order valence-electron chi connectivity index (χ3n) is 4.36. The highest BCUT2D eigenvalue weighted by Gasteiger charge is 2.22. The third kappa shape index (κ3) is 3.83. The number of aromatic nitrogens is 5. The molecule has 4 rings (SSSR count). The molecule has 1 aliphatic rings. The molecule has 25 heavy (non-hydrogen) atoms. The van der Waals surface area contributed by atoms with Crippen molar-refractivity contribution in [1.82, 2.24) is 24.9 Å². The molecule has 0 unspecified atom stereocenters. The minimum Gasteiger partial charge on any atom is -0.338 e. The monoisotopic (exact) mass is 439 g/mol. The van der Waals surface area contributed by atoms with Gasteiger partial charge in [-0.25, -0.2) is 0 Å². The second-order valence-electron chi connectivity index (χ2n) is 6.12. The molecule has 3 heterocycles. The minimum absolute atomic E-state index is 0.521. The van der Waals surface area contributed by atoms with E-state index >= 15 is 0 Å². The summed E-state index contributed by atoms with van der Waals surface area (Å²) in [5, 5.41) is 15.7. The average Bonchev–Trinajstić information content (AvgIpc) is 3.34. The number of hydrogen-bond donors (Lipinski definition) is 0. The van der Waals surface area contributed by atoms with Gasteiger partial charge in [-0.05, 0) is 41.8 Å². The van der Waals surface area contributed by atoms with Crippen LogP contribution < -0.4 is 0 Å². The van der Waals surface area contributed by atoms with Crippen LogP contribution in [0.1, 0.15) is 49.9 Å². The quantitative estimate of drug-likeness (QED) is 0.505. The molecule has 1 aliphatic carbocycles. The van der Waals surface area contributed by atoms with E-state index in [9.17, 15) is 0 Å². The van der Waals surface area contributed by atoms with Gasteiger partial charge in [0.05, 0.1) is 10.6 Å². The summed E-state index contributed by atoms with van der Waals surface area (Å²) in [7, 11) is 0. The molecule has 6 nitrogen and oxygen atoms in total. The van der Waals surface area contributed by atoms with E-state index in [0.29, 0.717) is 23.5 Å². The summed E-state index contributed by atoms with van der Waals surface area (Å²) < 4.78 is 8.72. The number of aryl methyl sites for hydroxylation is 1. The third-order valence-corrected chi connectivity index (χ3v) is 6.97. The minimum atomic E-state index is 0.521. The van der Waals surface area contributed by atoms with Crippen molar-refractivity contribution in [2.24, 2.45) is 0 Å². The molecule has 0 bridgehead atoms. The van der Waals surface area contributed by atoms with Crippen LogP contribution in [0.3, 0.4) is 0 Å². The zero-order valence-corrected chi connectivity index (χ0v) is 17.0. The van der Waals surface area contributed by atoms with Gasteiger partial charge in [0, 0.05) is 15.9 Å². The van der Waals surface area contributed by atoms with E-state index in [2.05, 4.69) is 40.8 Å². The molecule has 0 amide bonds. The lowest BCUT2D eigenvalue weighted by molar-refractivity contribution is 0.331. The Morgan fingerprint density at radius 1 is 1.32 bits per heavy atom. The average molecular weight is 440 g/mol. The lowest BCUT2D eigenvalue weighted by Crippen LogP contribution is -2.15. The molecule has 1 saturated carbocycles. The van der Waals surface area contributed by atoms with Crippen molar-refractivity contribution in [2.75, 3.05) is 0 Å². The van der Waals surface area contributed by atoms with Crippen molar-refractivity contribution >= 4 is 39.0 Å². The Bertz CT molecular complexity index is 852. The van der Waals surface area contributed by atoms with Crippen molar-refractivity contribution < 1.29 is 4.52 Å². The lowest BCUT2D eigenvalue weighted by Gasteiger charge is -2.24. The molecule has 0 saturated heterocycles. The topological polar surface area (TPSA) is 69.6 Å². The summed E-state index contributed by atoms with van der Waals surface area (Å²) >= 11 is 6.65. The number of thiophene rings is 1. The maximum Gasteiger partial charge on any atom is 0.237 e. The Balaban J connectivity index is 1.46. The van der Waals surface area contributed by atoms with E-state index in [1.165, 1.54) is 32.1 Å². The summed E-state index contributed by atoms with van der Waals surface area (Å²) in [6, 6.07) is 2.52. The lowest BCUT2D eigenvalue weighted by atomic mass is 9.95. The standard InChI is InChI=1S/C16H18BrN5OS2/c1-10-19-20-16(22(10)12-5-3-2-4-6-12)25-9-14-18-15(21-23-14)13-7-11(17)8-24-13/h7-8,12H,2-6,9H2,1H3. The molecule has 0 aliphatic heterocycles. The Morgan fingerprint density at radius 3 is 2.92 bits per heavy atom. The molecular weight excluding hydrogens is 422 g/mol. The number of hydrogen-bond acceptors (Lipinski definition) is 7. The fourth-order valence-corrected chi connectivity index (χ4v) is 5.42. The van der Waals surface area contributed by atoms with E-state index < -0.39 is 0 Å². The molecule has 9 heteroatoms. The van der Waals surface area contributed by atoms with Crippen LogP contribution in [0.5, 0.6) is 0 Å². The van der Waals surface area contributed by atoms with Crippen molar-refractivity contribution in [1.29, 1.82) is 0 Å². The number of rotatable bonds is 5. The van der Waals surface area contributed by atoms with Gasteiger partial charge in [-0.15, -0.1) is 21.5 Å². The van der Waals surface area contributed by atoms with Crippen LogP contribution >= 0.6 is 39.0 Å². The molecule has 0 spiro atoms. The highest BCUT2D eigenvalue weighted by atomic mass is 79.9. The van der Waals surface area contributed by atoms with Crippen molar-refractivity contribution in [2.45, 2.75) is 56.0 Å². The Labute approximate surface area is 162 Å². The van der Waals surface area contributed by atoms with Crippen molar-refractivity contribution in [3.63, 3.8) is 0 Å². The first-order chi connectivity index (χ1) is 12.2. The molecule has 0 N–H and O–H groups in total. The number of halogens is 1. The fraction of sp³-hybridized carbons (Fsp3) is 0.500. The first-order valence-corrected chi connectivity index (χ1v) is 11.0. The van der Waals surface area contributed by atoms with Crippen LogP contribution in [-0.2, 0) is 5.75 Å². The van der Waals surface area contributed by atoms with E-state index in [-0.39, 0.29) is 0 Å². The largest absolute Gasteiger partial charge is 0.338 e. The van der Waals surface area contributed by atoms with Gasteiger partial charge in [0.15, 0.2) is 5.16 Å². The van der Waals surface area contributed by atoms with E-state index in [1.54, 1.807) is 23.1 Å². The maximum absolute atomic E-state index is 5.39. The molecule has 3 aromatic rings. The van der Waals surface area contributed by atoms with Crippen LogP contribution in [-0.4, -0.2) is 24.9 Å². The zero-order valence-electron chi connectivity index (χ0n) is 13.8. The first kappa shape index (κ1) is 17.2. The SMILES string of the molecule is Cc1nnc(SCc2nc(-c3cc(Br)cs3)no2)n1C1CCCCC1. The zero-order chi connectivity index (χ0) is 17.2. The fourth-order valence-electron chi connectivity index (χ4n) is 3.18. The Kier molecular flexibility index (Phi) is 5.23. The van der Waals surface area contributed by atoms with Crippen LogP contribution in [0.4, 0.5) is 0 Å².